The Morgan fingerprint density at radius 3 is 2.51 bits per heavy atom. The van der Waals surface area contributed by atoms with Gasteiger partial charge in [0.2, 0.25) is 0 Å². The minimum absolute atomic E-state index is 0.0441. The topological polar surface area (TPSA) is 94.1 Å². The molecule has 4 aromatic heterocycles. The lowest BCUT2D eigenvalue weighted by Crippen LogP contribution is -2.52. The smallest absolute Gasteiger partial charge is 0.332 e. The second-order valence-corrected chi connectivity index (χ2v) is 9.48. The number of likely N-dealkylation sites (N-methyl/N-ethyl adjacent to an activating group) is 1. The van der Waals surface area contributed by atoms with Crippen LogP contribution in [0.15, 0.2) is 60.2 Å². The van der Waals surface area contributed by atoms with E-state index >= 15 is 0 Å². The van der Waals surface area contributed by atoms with Crippen molar-refractivity contribution in [1.29, 1.82) is 0 Å². The van der Waals surface area contributed by atoms with E-state index in [1.54, 1.807) is 16.9 Å². The summed E-state index contributed by atoms with van der Waals surface area (Å²) < 4.78 is 57.1. The minimum atomic E-state index is -4.64. The molecule has 0 unspecified atom stereocenters. The van der Waals surface area contributed by atoms with Crippen LogP contribution in [-0.4, -0.2) is 78.3 Å². The molecule has 0 aromatic carbocycles. The molecule has 1 amide bonds. The predicted octanol–water partition coefficient (Wildman–Crippen LogP) is 2.89. The Morgan fingerprint density at radius 1 is 1.15 bits per heavy atom. The van der Waals surface area contributed by atoms with E-state index in [9.17, 15) is 27.2 Å². The van der Waals surface area contributed by atoms with Crippen LogP contribution in [0.1, 0.15) is 11.7 Å². The molecule has 5 heterocycles. The zero-order valence-electron chi connectivity index (χ0n) is 21.1. The SMILES string of the molecule is C=C(F)C(=O)N1CC(n2c(=O)n(-c3ccc(C(F)(F)F)nc3)c3nccc(-c4cnn(CCN(C)C)c4)c32)C1. The van der Waals surface area contributed by atoms with Crippen molar-refractivity contribution in [3.63, 3.8) is 0 Å². The van der Waals surface area contributed by atoms with Crippen LogP contribution in [0, 0.1) is 0 Å². The highest BCUT2D eigenvalue weighted by Crippen LogP contribution is 2.33. The fourth-order valence-electron chi connectivity index (χ4n) is 4.51. The van der Waals surface area contributed by atoms with Gasteiger partial charge in [-0.25, -0.2) is 23.7 Å². The van der Waals surface area contributed by atoms with Crippen molar-refractivity contribution in [2.75, 3.05) is 33.7 Å². The number of likely N-dealkylation sites (tertiary alicyclic amines) is 1. The molecule has 39 heavy (non-hydrogen) atoms. The van der Waals surface area contributed by atoms with E-state index in [-0.39, 0.29) is 24.4 Å². The maximum atomic E-state index is 13.8. The maximum absolute atomic E-state index is 13.8. The summed E-state index contributed by atoms with van der Waals surface area (Å²) in [5, 5.41) is 4.41. The number of hydrogen-bond acceptors (Lipinski definition) is 6. The number of fused-ring (bicyclic) bond motifs is 1. The molecule has 5 rings (SSSR count). The minimum Gasteiger partial charge on any atom is -0.332 e. The van der Waals surface area contributed by atoms with E-state index < -0.39 is 35.3 Å². The summed E-state index contributed by atoms with van der Waals surface area (Å²) in [5.41, 5.74) is 0.329. The summed E-state index contributed by atoms with van der Waals surface area (Å²) in [6, 6.07) is 3.13. The van der Waals surface area contributed by atoms with Gasteiger partial charge in [0.25, 0.3) is 5.91 Å². The molecule has 0 radical (unpaired) electrons. The monoisotopic (exact) mass is 544 g/mol. The van der Waals surface area contributed by atoms with Gasteiger partial charge in [-0.15, -0.1) is 0 Å². The van der Waals surface area contributed by atoms with Crippen molar-refractivity contribution in [3.8, 4) is 16.8 Å². The molecule has 0 bridgehead atoms. The fraction of sp³-hybridized carbons (Fsp3) is 0.320. The number of aromatic nitrogens is 6. The summed E-state index contributed by atoms with van der Waals surface area (Å²) in [6.45, 7) is 4.50. The van der Waals surface area contributed by atoms with Crippen LogP contribution in [0.2, 0.25) is 0 Å². The highest BCUT2D eigenvalue weighted by molar-refractivity contribution is 5.92. The van der Waals surface area contributed by atoms with Crippen LogP contribution in [0.25, 0.3) is 28.0 Å². The zero-order chi connectivity index (χ0) is 28.1. The summed E-state index contributed by atoms with van der Waals surface area (Å²) >= 11 is 0. The van der Waals surface area contributed by atoms with Gasteiger partial charge in [0.1, 0.15) is 5.69 Å². The summed E-state index contributed by atoms with van der Waals surface area (Å²) in [6.07, 6.45) is 1.30. The van der Waals surface area contributed by atoms with Crippen LogP contribution in [0.4, 0.5) is 17.6 Å². The molecule has 1 saturated heterocycles. The van der Waals surface area contributed by atoms with Crippen LogP contribution in [-0.2, 0) is 17.5 Å². The van der Waals surface area contributed by atoms with E-state index in [1.807, 2.05) is 25.2 Å². The molecule has 10 nitrogen and oxygen atoms in total. The molecule has 0 atom stereocenters. The molecule has 14 heteroatoms. The maximum Gasteiger partial charge on any atom is 0.433 e. The number of amides is 1. The quantitative estimate of drug-likeness (QED) is 0.263. The van der Waals surface area contributed by atoms with Crippen molar-refractivity contribution in [2.24, 2.45) is 0 Å². The van der Waals surface area contributed by atoms with Crippen molar-refractivity contribution in [2.45, 2.75) is 18.8 Å². The number of alkyl halides is 3. The number of nitrogens with zero attached hydrogens (tertiary/aromatic N) is 8. The number of halogens is 4. The molecule has 0 spiro atoms. The van der Waals surface area contributed by atoms with Gasteiger partial charge in [0, 0.05) is 43.2 Å². The van der Waals surface area contributed by atoms with Gasteiger partial charge >= 0.3 is 11.9 Å². The molecular formula is C25H24F4N8O2. The predicted molar refractivity (Wildman–Crippen MR) is 134 cm³/mol. The van der Waals surface area contributed by atoms with Crippen LogP contribution < -0.4 is 5.69 Å². The molecular weight excluding hydrogens is 520 g/mol. The molecule has 1 aliphatic rings. The Bertz CT molecular complexity index is 1610. The van der Waals surface area contributed by atoms with E-state index in [2.05, 4.69) is 21.6 Å². The van der Waals surface area contributed by atoms with Crippen LogP contribution >= 0.6 is 0 Å². The average Bonchev–Trinajstić information content (AvgIpc) is 3.44. The van der Waals surface area contributed by atoms with E-state index in [4.69, 9.17) is 0 Å². The highest BCUT2D eigenvalue weighted by atomic mass is 19.4. The van der Waals surface area contributed by atoms with Crippen molar-refractivity contribution in [1.82, 2.24) is 38.7 Å². The first-order chi connectivity index (χ1) is 18.5. The lowest BCUT2D eigenvalue weighted by Gasteiger charge is -2.39. The van der Waals surface area contributed by atoms with E-state index in [0.717, 1.165) is 24.9 Å². The number of imidazole rings is 1. The first-order valence-corrected chi connectivity index (χ1v) is 11.9. The summed E-state index contributed by atoms with van der Waals surface area (Å²) in [4.78, 5) is 36.9. The third kappa shape index (κ3) is 4.82. The molecule has 1 fully saturated rings. The van der Waals surface area contributed by atoms with Crippen molar-refractivity contribution < 1.29 is 22.4 Å². The van der Waals surface area contributed by atoms with Gasteiger partial charge in [-0.1, -0.05) is 6.58 Å². The molecule has 204 valence electrons. The molecule has 4 aromatic rings. The second kappa shape index (κ2) is 9.76. The highest BCUT2D eigenvalue weighted by Gasteiger charge is 2.37. The zero-order valence-corrected chi connectivity index (χ0v) is 21.1. The molecule has 1 aliphatic heterocycles. The van der Waals surface area contributed by atoms with Crippen molar-refractivity contribution in [3.05, 3.63) is 71.6 Å². The summed E-state index contributed by atoms with van der Waals surface area (Å²) in [5.74, 6) is -1.97. The van der Waals surface area contributed by atoms with Gasteiger partial charge in [-0.2, -0.15) is 18.3 Å². The van der Waals surface area contributed by atoms with Gasteiger partial charge in [-0.3, -0.25) is 14.0 Å². The van der Waals surface area contributed by atoms with Gasteiger partial charge in [0.05, 0.1) is 36.2 Å². The van der Waals surface area contributed by atoms with Gasteiger partial charge in [-0.05, 0) is 32.3 Å². The van der Waals surface area contributed by atoms with Gasteiger partial charge in [0.15, 0.2) is 11.5 Å². The van der Waals surface area contributed by atoms with Crippen LogP contribution in [0.3, 0.4) is 0 Å². The third-order valence-electron chi connectivity index (χ3n) is 6.52. The second-order valence-electron chi connectivity index (χ2n) is 9.48. The Kier molecular flexibility index (Phi) is 6.58. The summed E-state index contributed by atoms with van der Waals surface area (Å²) in [7, 11) is 3.89. The molecule has 0 aliphatic carbocycles. The number of carbonyl (C=O) groups is 1. The lowest BCUT2D eigenvalue weighted by molar-refractivity contribution is -0.141. The lowest BCUT2D eigenvalue weighted by atomic mass is 10.1. The Hall–Kier alpha value is -4.33. The number of rotatable bonds is 7. The van der Waals surface area contributed by atoms with Crippen molar-refractivity contribution >= 4 is 17.1 Å². The normalized spacial score (nSPS) is 14.3. The average molecular weight is 545 g/mol. The number of carbonyl (C=O) groups excluding carboxylic acids is 1. The van der Waals surface area contributed by atoms with Crippen LogP contribution in [0.5, 0.6) is 0 Å². The van der Waals surface area contributed by atoms with E-state index in [1.165, 1.54) is 20.2 Å². The molecule has 0 N–H and O–H groups in total. The Morgan fingerprint density at radius 2 is 1.90 bits per heavy atom. The first kappa shape index (κ1) is 26.3. The van der Waals surface area contributed by atoms with Gasteiger partial charge < -0.3 is 9.80 Å². The van der Waals surface area contributed by atoms with E-state index in [0.29, 0.717) is 23.2 Å². The Balaban J connectivity index is 1.64. The molecule has 0 saturated carbocycles. The first-order valence-electron chi connectivity index (χ1n) is 11.9. The third-order valence-corrected chi connectivity index (χ3v) is 6.52. The number of pyridine rings is 2. The largest absolute Gasteiger partial charge is 0.433 e. The standard InChI is InChI=1S/C25H24F4N8O2/c1-15(26)23(38)34-13-18(14-34)36-21-19(16-10-32-35(12-16)9-8-33(2)3)6-7-30-22(21)37(24(36)39)17-4-5-20(31-11-17)25(27,28)29/h4-7,10-12,18H,1,8-9,13-14H2,2-3H3. The Labute approximate surface area is 219 Å². The number of hydrogen-bond donors (Lipinski definition) is 0. The fourth-order valence-corrected chi connectivity index (χ4v) is 4.51.